The molecule has 0 heterocycles. The van der Waals surface area contributed by atoms with Crippen LogP contribution in [0.25, 0.3) is 0 Å². The van der Waals surface area contributed by atoms with Crippen molar-refractivity contribution in [3.63, 3.8) is 0 Å². The molecule has 98 valence electrons. The van der Waals surface area contributed by atoms with Gasteiger partial charge in [0.25, 0.3) is 0 Å². The topological polar surface area (TPSA) is 62.4 Å². The summed E-state index contributed by atoms with van der Waals surface area (Å²) in [5.41, 5.74) is 2.71. The molecule has 4 N–H and O–H groups in total. The first-order chi connectivity index (χ1) is 8.70. The molecule has 0 spiro atoms. The summed E-state index contributed by atoms with van der Waals surface area (Å²) in [5, 5.41) is 2.89. The molecule has 1 saturated carbocycles. The average Bonchev–Trinajstić information content (AvgIpc) is 2.86. The second-order valence-electron chi connectivity index (χ2n) is 4.29. The normalized spacial score (nSPS) is 16.9. The molecule has 1 fully saturated rings. The van der Waals surface area contributed by atoms with Crippen LogP contribution in [-0.4, -0.2) is 12.0 Å². The molecule has 6 heteroatoms. The maximum Gasteiger partial charge on any atom is 0.210 e. The lowest BCUT2D eigenvalue weighted by molar-refractivity contribution is 0.632. The Balaban J connectivity index is 2.12. The Morgan fingerprint density at radius 1 is 1.39 bits per heavy atom. The lowest BCUT2D eigenvalue weighted by Crippen LogP contribution is -2.37. The van der Waals surface area contributed by atoms with Gasteiger partial charge in [-0.15, -0.1) is 0 Å². The Morgan fingerprint density at radius 2 is 2.11 bits per heavy atom. The number of benzene rings is 1. The Hall–Kier alpha value is -1.33. The predicted molar refractivity (Wildman–Crippen MR) is 72.0 cm³/mol. The average molecular weight is 271 g/mol. The molecule has 2 rings (SSSR count). The van der Waals surface area contributed by atoms with Gasteiger partial charge in [-0.3, -0.25) is 5.43 Å². The molecule has 1 aromatic rings. The highest BCUT2D eigenvalue weighted by atomic mass is 35.5. The highest BCUT2D eigenvalue weighted by Crippen LogP contribution is 2.23. The number of aliphatic imine (C=N–C) groups is 1. The van der Waals surface area contributed by atoms with Gasteiger partial charge in [0.15, 0.2) is 5.82 Å². The SMILES string of the molecule is NNC(=NC1CCCC1)Nc1cccc(Cl)c1F. The molecule has 4 nitrogen and oxygen atoms in total. The van der Waals surface area contributed by atoms with E-state index < -0.39 is 5.82 Å². The second-order valence-corrected chi connectivity index (χ2v) is 4.69. The predicted octanol–water partition coefficient (Wildman–Crippen LogP) is 2.65. The molecule has 18 heavy (non-hydrogen) atoms. The van der Waals surface area contributed by atoms with Gasteiger partial charge in [0.05, 0.1) is 16.8 Å². The second kappa shape index (κ2) is 6.02. The van der Waals surface area contributed by atoms with Crippen molar-refractivity contribution < 1.29 is 4.39 Å². The summed E-state index contributed by atoms with van der Waals surface area (Å²) >= 11 is 5.70. The van der Waals surface area contributed by atoms with Gasteiger partial charge in [0.1, 0.15) is 0 Å². The van der Waals surface area contributed by atoms with Crippen molar-refractivity contribution in [2.45, 2.75) is 31.7 Å². The molecule has 1 aliphatic carbocycles. The van der Waals surface area contributed by atoms with Crippen molar-refractivity contribution in [3.05, 3.63) is 29.0 Å². The van der Waals surface area contributed by atoms with Crippen molar-refractivity contribution in [1.82, 2.24) is 5.43 Å². The van der Waals surface area contributed by atoms with Gasteiger partial charge >= 0.3 is 0 Å². The molecule has 1 aliphatic rings. The Labute approximate surface area is 110 Å². The summed E-state index contributed by atoms with van der Waals surface area (Å²) in [6.45, 7) is 0. The van der Waals surface area contributed by atoms with E-state index in [0.717, 1.165) is 12.8 Å². The third kappa shape index (κ3) is 3.11. The molecule has 0 atom stereocenters. The summed E-state index contributed by atoms with van der Waals surface area (Å²) in [5.74, 6) is 5.25. The highest BCUT2D eigenvalue weighted by Gasteiger charge is 2.15. The quantitative estimate of drug-likeness (QED) is 0.335. The number of nitrogens with two attached hydrogens (primary N) is 1. The number of hydrogen-bond donors (Lipinski definition) is 3. The van der Waals surface area contributed by atoms with E-state index in [1.54, 1.807) is 12.1 Å². The van der Waals surface area contributed by atoms with Crippen LogP contribution >= 0.6 is 11.6 Å². The van der Waals surface area contributed by atoms with E-state index in [2.05, 4.69) is 15.7 Å². The monoisotopic (exact) mass is 270 g/mol. The first kappa shape index (κ1) is 13.1. The highest BCUT2D eigenvalue weighted by molar-refractivity contribution is 6.31. The van der Waals surface area contributed by atoms with E-state index in [1.807, 2.05) is 0 Å². The van der Waals surface area contributed by atoms with Gasteiger partial charge in [-0.25, -0.2) is 15.2 Å². The van der Waals surface area contributed by atoms with Crippen molar-refractivity contribution >= 4 is 23.2 Å². The molecule has 0 radical (unpaired) electrons. The fourth-order valence-electron chi connectivity index (χ4n) is 2.05. The number of rotatable bonds is 2. The molecule has 1 aromatic carbocycles. The smallest absolute Gasteiger partial charge is 0.210 e. The number of nitrogens with zero attached hydrogens (tertiary/aromatic N) is 1. The first-order valence-corrected chi connectivity index (χ1v) is 6.34. The Bertz CT molecular complexity index is 444. The van der Waals surface area contributed by atoms with E-state index >= 15 is 0 Å². The molecule has 0 unspecified atom stereocenters. The Kier molecular flexibility index (Phi) is 4.38. The van der Waals surface area contributed by atoms with Gasteiger partial charge in [0.2, 0.25) is 5.96 Å². The summed E-state index contributed by atoms with van der Waals surface area (Å²) in [6, 6.07) is 5.00. The minimum Gasteiger partial charge on any atom is -0.323 e. The molecular weight excluding hydrogens is 255 g/mol. The van der Waals surface area contributed by atoms with Crippen LogP contribution in [0.5, 0.6) is 0 Å². The van der Waals surface area contributed by atoms with Crippen LogP contribution in [0.15, 0.2) is 23.2 Å². The zero-order valence-corrected chi connectivity index (χ0v) is 10.7. The van der Waals surface area contributed by atoms with Gasteiger partial charge in [0, 0.05) is 0 Å². The van der Waals surface area contributed by atoms with E-state index in [1.165, 1.54) is 18.9 Å². The standard InChI is InChI=1S/C12H16ClFN4/c13-9-6-3-7-10(11(9)14)17-12(18-15)16-8-4-1-2-5-8/h3,6-8H,1-2,4-5,15H2,(H2,16,17,18). The number of hydrazine groups is 1. The van der Waals surface area contributed by atoms with Crippen LogP contribution < -0.4 is 16.6 Å². The van der Waals surface area contributed by atoms with E-state index in [4.69, 9.17) is 17.4 Å². The summed E-state index contributed by atoms with van der Waals surface area (Å²) in [6.07, 6.45) is 4.45. The van der Waals surface area contributed by atoms with E-state index in [0.29, 0.717) is 5.96 Å². The summed E-state index contributed by atoms with van der Waals surface area (Å²) in [7, 11) is 0. The van der Waals surface area contributed by atoms with Crippen molar-refractivity contribution in [2.75, 3.05) is 5.32 Å². The third-order valence-electron chi connectivity index (χ3n) is 2.98. The van der Waals surface area contributed by atoms with Crippen LogP contribution in [0.4, 0.5) is 10.1 Å². The lowest BCUT2D eigenvalue weighted by Gasteiger charge is -2.12. The third-order valence-corrected chi connectivity index (χ3v) is 3.27. The van der Waals surface area contributed by atoms with Gasteiger partial charge in [-0.2, -0.15) is 0 Å². The first-order valence-electron chi connectivity index (χ1n) is 5.96. The molecule has 0 amide bonds. The number of halogens is 2. The van der Waals surface area contributed by atoms with Crippen LogP contribution in [0.2, 0.25) is 5.02 Å². The van der Waals surface area contributed by atoms with Gasteiger partial charge in [-0.05, 0) is 25.0 Å². The lowest BCUT2D eigenvalue weighted by atomic mass is 10.3. The molecule has 0 saturated heterocycles. The van der Waals surface area contributed by atoms with Crippen LogP contribution in [0.1, 0.15) is 25.7 Å². The van der Waals surface area contributed by atoms with Crippen LogP contribution in [-0.2, 0) is 0 Å². The fourth-order valence-corrected chi connectivity index (χ4v) is 2.22. The zero-order valence-electron chi connectivity index (χ0n) is 9.92. The zero-order chi connectivity index (χ0) is 13.0. The molecular formula is C12H16ClFN4. The largest absolute Gasteiger partial charge is 0.323 e. The van der Waals surface area contributed by atoms with Crippen LogP contribution in [0, 0.1) is 5.82 Å². The maximum atomic E-state index is 13.7. The number of nitrogens with one attached hydrogen (secondary N) is 2. The molecule has 0 bridgehead atoms. The minimum absolute atomic E-state index is 0.0669. The van der Waals surface area contributed by atoms with Gasteiger partial charge < -0.3 is 5.32 Å². The van der Waals surface area contributed by atoms with Crippen molar-refractivity contribution in [1.29, 1.82) is 0 Å². The maximum absolute atomic E-state index is 13.7. The van der Waals surface area contributed by atoms with Crippen molar-refractivity contribution in [2.24, 2.45) is 10.8 Å². The van der Waals surface area contributed by atoms with Gasteiger partial charge in [-0.1, -0.05) is 30.5 Å². The minimum atomic E-state index is -0.506. The van der Waals surface area contributed by atoms with E-state index in [9.17, 15) is 4.39 Å². The summed E-state index contributed by atoms with van der Waals surface area (Å²) in [4.78, 5) is 4.42. The van der Waals surface area contributed by atoms with E-state index in [-0.39, 0.29) is 16.8 Å². The van der Waals surface area contributed by atoms with Crippen molar-refractivity contribution in [3.8, 4) is 0 Å². The molecule has 0 aromatic heterocycles. The molecule has 0 aliphatic heterocycles. The number of guanidine groups is 1. The number of hydrogen-bond acceptors (Lipinski definition) is 2. The summed E-state index contributed by atoms with van der Waals surface area (Å²) < 4.78 is 13.7. The Morgan fingerprint density at radius 3 is 2.78 bits per heavy atom. The number of anilines is 1. The van der Waals surface area contributed by atoms with Crippen LogP contribution in [0.3, 0.4) is 0 Å². The fraction of sp³-hybridized carbons (Fsp3) is 0.417.